The molecule has 98 valence electrons. The lowest BCUT2D eigenvalue weighted by Gasteiger charge is -2.06. The van der Waals surface area contributed by atoms with Crippen LogP contribution in [0.1, 0.15) is 28.4 Å². The number of aromatic nitrogens is 1. The first kappa shape index (κ1) is 13.1. The van der Waals surface area contributed by atoms with E-state index >= 15 is 0 Å². The van der Waals surface area contributed by atoms with Crippen molar-refractivity contribution >= 4 is 5.91 Å². The summed E-state index contributed by atoms with van der Waals surface area (Å²) in [5.41, 5.74) is 2.40. The number of carbonyl (C=O) groups is 1. The zero-order valence-electron chi connectivity index (χ0n) is 10.8. The zero-order valence-corrected chi connectivity index (χ0v) is 10.8. The van der Waals surface area contributed by atoms with Gasteiger partial charge in [0.25, 0.3) is 5.91 Å². The van der Waals surface area contributed by atoms with Gasteiger partial charge in [0.1, 0.15) is 0 Å². The fraction of sp³-hybridized carbons (Fsp3) is 0.200. The average molecular weight is 256 g/mol. The summed E-state index contributed by atoms with van der Waals surface area (Å²) in [6.07, 6.45) is 2.47. The maximum absolute atomic E-state index is 11.8. The van der Waals surface area contributed by atoms with Gasteiger partial charge in [-0.1, -0.05) is 31.2 Å². The number of hydrogen-bond donors (Lipinski definition) is 2. The highest BCUT2D eigenvalue weighted by molar-refractivity contribution is 5.93. The summed E-state index contributed by atoms with van der Waals surface area (Å²) in [5, 5.41) is 2.79. The Morgan fingerprint density at radius 1 is 1.16 bits per heavy atom. The highest BCUT2D eigenvalue weighted by Gasteiger charge is 2.05. The van der Waals surface area contributed by atoms with Crippen molar-refractivity contribution < 1.29 is 4.79 Å². The first-order chi connectivity index (χ1) is 9.19. The number of benzene rings is 1. The second-order valence-electron chi connectivity index (χ2n) is 4.29. The largest absolute Gasteiger partial charge is 0.348 e. The van der Waals surface area contributed by atoms with Crippen LogP contribution >= 0.6 is 0 Å². The van der Waals surface area contributed by atoms with Gasteiger partial charge in [-0.2, -0.15) is 0 Å². The maximum Gasteiger partial charge on any atom is 0.251 e. The molecule has 0 bridgehead atoms. The molecule has 2 rings (SSSR count). The number of pyridine rings is 1. The van der Waals surface area contributed by atoms with Crippen LogP contribution in [0.5, 0.6) is 0 Å². The molecule has 1 heterocycles. The lowest BCUT2D eigenvalue weighted by atomic mass is 10.1. The van der Waals surface area contributed by atoms with Crippen LogP contribution in [0.2, 0.25) is 0 Å². The molecule has 19 heavy (non-hydrogen) atoms. The molecule has 2 aromatic rings. The zero-order chi connectivity index (χ0) is 13.7. The summed E-state index contributed by atoms with van der Waals surface area (Å²) in [6, 6.07) is 11.0. The van der Waals surface area contributed by atoms with Crippen molar-refractivity contribution in [3.63, 3.8) is 0 Å². The Kier molecular flexibility index (Phi) is 4.13. The van der Waals surface area contributed by atoms with Crippen LogP contribution in [0, 0.1) is 0 Å². The second kappa shape index (κ2) is 6.00. The van der Waals surface area contributed by atoms with Gasteiger partial charge < -0.3 is 10.3 Å². The van der Waals surface area contributed by atoms with Gasteiger partial charge in [-0.15, -0.1) is 0 Å². The Labute approximate surface area is 111 Å². The molecule has 0 unspecified atom stereocenters. The van der Waals surface area contributed by atoms with E-state index in [0.29, 0.717) is 12.1 Å². The molecule has 1 aromatic carbocycles. The summed E-state index contributed by atoms with van der Waals surface area (Å²) in [7, 11) is 0. The Morgan fingerprint density at radius 2 is 1.84 bits per heavy atom. The van der Waals surface area contributed by atoms with Crippen LogP contribution < -0.4 is 10.9 Å². The van der Waals surface area contributed by atoms with E-state index < -0.39 is 0 Å². The predicted molar refractivity (Wildman–Crippen MR) is 74.1 cm³/mol. The van der Waals surface area contributed by atoms with Crippen molar-refractivity contribution in [2.45, 2.75) is 19.9 Å². The van der Waals surface area contributed by atoms with E-state index in [-0.39, 0.29) is 11.5 Å². The van der Waals surface area contributed by atoms with E-state index in [9.17, 15) is 9.59 Å². The molecule has 0 aliphatic heterocycles. The SMILES string of the molecule is CCc1ccc(CNC(=O)c2cc[nH]c(=O)c2)cc1. The van der Waals surface area contributed by atoms with Crippen molar-refractivity contribution in [1.29, 1.82) is 0 Å². The Morgan fingerprint density at radius 3 is 2.47 bits per heavy atom. The third kappa shape index (κ3) is 3.55. The first-order valence-corrected chi connectivity index (χ1v) is 6.24. The average Bonchev–Trinajstić information content (AvgIpc) is 2.45. The standard InChI is InChI=1S/C15H16N2O2/c1-2-11-3-5-12(6-4-11)10-17-15(19)13-7-8-16-14(18)9-13/h3-9H,2,10H2,1H3,(H,16,18)(H,17,19). The molecule has 0 saturated heterocycles. The van der Waals surface area contributed by atoms with Gasteiger partial charge in [0.2, 0.25) is 5.56 Å². The highest BCUT2D eigenvalue weighted by Crippen LogP contribution is 2.05. The minimum Gasteiger partial charge on any atom is -0.348 e. The third-order valence-electron chi connectivity index (χ3n) is 2.92. The molecular weight excluding hydrogens is 240 g/mol. The smallest absolute Gasteiger partial charge is 0.251 e. The number of hydrogen-bond acceptors (Lipinski definition) is 2. The molecule has 0 spiro atoms. The first-order valence-electron chi connectivity index (χ1n) is 6.24. The van der Waals surface area contributed by atoms with Crippen LogP contribution in [0.25, 0.3) is 0 Å². The van der Waals surface area contributed by atoms with E-state index in [2.05, 4.69) is 29.4 Å². The maximum atomic E-state index is 11.8. The molecule has 0 atom stereocenters. The molecule has 0 aliphatic carbocycles. The van der Waals surface area contributed by atoms with Gasteiger partial charge in [-0.25, -0.2) is 0 Å². The lowest BCUT2D eigenvalue weighted by Crippen LogP contribution is -2.24. The van der Waals surface area contributed by atoms with Crippen LogP contribution in [0.15, 0.2) is 47.4 Å². The second-order valence-corrected chi connectivity index (χ2v) is 4.29. The number of aryl methyl sites for hydroxylation is 1. The third-order valence-corrected chi connectivity index (χ3v) is 2.92. The van der Waals surface area contributed by atoms with Gasteiger partial charge in [-0.05, 0) is 23.6 Å². The molecule has 0 radical (unpaired) electrons. The molecule has 0 saturated carbocycles. The Hall–Kier alpha value is -2.36. The quantitative estimate of drug-likeness (QED) is 0.877. The lowest BCUT2D eigenvalue weighted by molar-refractivity contribution is 0.0950. The van der Waals surface area contributed by atoms with E-state index in [1.165, 1.54) is 17.8 Å². The number of rotatable bonds is 4. The summed E-state index contributed by atoms with van der Waals surface area (Å²) in [6.45, 7) is 2.55. The van der Waals surface area contributed by atoms with Crippen LogP contribution in [-0.2, 0) is 13.0 Å². The fourth-order valence-electron chi connectivity index (χ4n) is 1.76. The summed E-state index contributed by atoms with van der Waals surface area (Å²) >= 11 is 0. The van der Waals surface area contributed by atoms with Gasteiger partial charge >= 0.3 is 0 Å². The fourth-order valence-corrected chi connectivity index (χ4v) is 1.76. The van der Waals surface area contributed by atoms with Gasteiger partial charge in [0, 0.05) is 24.4 Å². The molecule has 0 fully saturated rings. The minimum atomic E-state index is -0.278. The summed E-state index contributed by atoms with van der Waals surface area (Å²) < 4.78 is 0. The molecule has 2 N–H and O–H groups in total. The van der Waals surface area contributed by atoms with Crippen molar-refractivity contribution in [1.82, 2.24) is 10.3 Å². The number of carbonyl (C=O) groups excluding carboxylic acids is 1. The number of amides is 1. The molecular formula is C15H16N2O2. The molecule has 1 amide bonds. The van der Waals surface area contributed by atoms with Gasteiger partial charge in [0.05, 0.1) is 0 Å². The van der Waals surface area contributed by atoms with Crippen LogP contribution in [-0.4, -0.2) is 10.9 Å². The van der Waals surface area contributed by atoms with Crippen molar-refractivity contribution in [3.05, 3.63) is 69.6 Å². The number of H-pyrrole nitrogens is 1. The molecule has 4 heteroatoms. The molecule has 1 aromatic heterocycles. The van der Waals surface area contributed by atoms with Gasteiger partial charge in [0.15, 0.2) is 0 Å². The summed E-state index contributed by atoms with van der Waals surface area (Å²) in [4.78, 5) is 25.4. The van der Waals surface area contributed by atoms with Crippen molar-refractivity contribution in [3.8, 4) is 0 Å². The Bertz CT molecular complexity index is 615. The highest BCUT2D eigenvalue weighted by atomic mass is 16.2. The van der Waals surface area contributed by atoms with E-state index in [4.69, 9.17) is 0 Å². The predicted octanol–water partition coefficient (Wildman–Crippen LogP) is 1.87. The monoisotopic (exact) mass is 256 g/mol. The Balaban J connectivity index is 1.98. The minimum absolute atomic E-state index is 0.245. The van der Waals surface area contributed by atoms with E-state index in [0.717, 1.165) is 12.0 Å². The summed E-state index contributed by atoms with van der Waals surface area (Å²) in [5.74, 6) is -0.245. The van der Waals surface area contributed by atoms with E-state index in [1.54, 1.807) is 6.07 Å². The van der Waals surface area contributed by atoms with E-state index in [1.807, 2.05) is 12.1 Å². The van der Waals surface area contributed by atoms with Crippen molar-refractivity contribution in [2.75, 3.05) is 0 Å². The normalized spacial score (nSPS) is 10.2. The molecule has 0 aliphatic rings. The molecule has 4 nitrogen and oxygen atoms in total. The van der Waals surface area contributed by atoms with Crippen molar-refractivity contribution in [2.24, 2.45) is 0 Å². The topological polar surface area (TPSA) is 62.0 Å². The number of aromatic amines is 1. The number of nitrogens with one attached hydrogen (secondary N) is 2. The van der Waals surface area contributed by atoms with Gasteiger partial charge in [-0.3, -0.25) is 9.59 Å². The van der Waals surface area contributed by atoms with Crippen LogP contribution in [0.4, 0.5) is 0 Å². The van der Waals surface area contributed by atoms with Crippen LogP contribution in [0.3, 0.4) is 0 Å².